The van der Waals surface area contributed by atoms with Crippen molar-refractivity contribution >= 4 is 27.6 Å². The number of rotatable bonds is 9. The molecule has 0 bridgehead atoms. The maximum absolute atomic E-state index is 3.79. The lowest BCUT2D eigenvalue weighted by Crippen LogP contribution is -1.94. The van der Waals surface area contributed by atoms with Gasteiger partial charge in [-0.1, -0.05) is 182 Å². The molecule has 2 unspecified atom stereocenters. The van der Waals surface area contributed by atoms with Crippen LogP contribution in [0.4, 0.5) is 0 Å². The standard InChI is InChI=1S/C23H24.C16H18.C8H10/c1-18-9-7-12-20(17-18)11-4-3-10-19(2)22-16-8-14-21-13-5-6-15-23(21)22;1-3-4-8-13(2)15-12-7-10-14-9-5-6-11-16(14)15;1-7-4-3-5-8(2)6-7/h4-9,11-17,19H,3,10H2,1-2H3;3,5-7,9-13H,1,4,8H2,2H3;3-6H,1-2H3/b11-4+;;. The van der Waals surface area contributed by atoms with Crippen LogP contribution < -0.4 is 0 Å². The molecular formula is C47H52. The topological polar surface area (TPSA) is 0 Å². The van der Waals surface area contributed by atoms with Gasteiger partial charge in [0.05, 0.1) is 0 Å². The fourth-order valence-electron chi connectivity index (χ4n) is 6.19. The van der Waals surface area contributed by atoms with Gasteiger partial charge in [-0.25, -0.2) is 0 Å². The van der Waals surface area contributed by atoms with E-state index >= 15 is 0 Å². The number of hydrogen-bond acceptors (Lipinski definition) is 0. The van der Waals surface area contributed by atoms with E-state index in [4.69, 9.17) is 0 Å². The molecular weight excluding hydrogens is 565 g/mol. The zero-order chi connectivity index (χ0) is 33.4. The fourth-order valence-corrected chi connectivity index (χ4v) is 6.19. The number of allylic oxidation sites excluding steroid dienone is 2. The van der Waals surface area contributed by atoms with Crippen LogP contribution in [0.2, 0.25) is 0 Å². The van der Waals surface area contributed by atoms with Crippen LogP contribution in [0.5, 0.6) is 0 Å². The Balaban J connectivity index is 0.000000180. The molecule has 0 saturated carbocycles. The van der Waals surface area contributed by atoms with Gasteiger partial charge in [0.1, 0.15) is 0 Å². The Labute approximate surface area is 284 Å². The first-order valence-electron chi connectivity index (χ1n) is 17.2. The molecule has 0 N–H and O–H groups in total. The Bertz CT molecular complexity index is 1840. The minimum atomic E-state index is 0.572. The summed E-state index contributed by atoms with van der Waals surface area (Å²) in [4.78, 5) is 0. The molecule has 2 atom stereocenters. The second kappa shape index (κ2) is 18.5. The molecule has 47 heavy (non-hydrogen) atoms. The van der Waals surface area contributed by atoms with E-state index in [9.17, 15) is 0 Å². The smallest absolute Gasteiger partial charge is 0.0149 e. The van der Waals surface area contributed by atoms with Gasteiger partial charge in [0.15, 0.2) is 0 Å². The third kappa shape index (κ3) is 11.0. The molecule has 0 amide bonds. The van der Waals surface area contributed by atoms with Crippen LogP contribution in [0.1, 0.15) is 84.7 Å². The molecule has 0 fully saturated rings. The van der Waals surface area contributed by atoms with E-state index < -0.39 is 0 Å². The predicted molar refractivity (Wildman–Crippen MR) is 210 cm³/mol. The van der Waals surface area contributed by atoms with Crippen LogP contribution in [-0.2, 0) is 0 Å². The molecule has 0 aliphatic heterocycles. The van der Waals surface area contributed by atoms with Crippen LogP contribution in [0.15, 0.2) is 152 Å². The Hall–Kier alpha value is -4.68. The molecule has 6 aromatic carbocycles. The molecule has 6 aromatic rings. The lowest BCUT2D eigenvalue weighted by molar-refractivity contribution is 0.696. The molecule has 0 radical (unpaired) electrons. The van der Waals surface area contributed by atoms with Crippen molar-refractivity contribution in [3.8, 4) is 0 Å². The van der Waals surface area contributed by atoms with Gasteiger partial charge < -0.3 is 0 Å². The summed E-state index contributed by atoms with van der Waals surface area (Å²) in [5.74, 6) is 1.17. The minimum Gasteiger partial charge on any atom is -0.103 e. The second-order valence-corrected chi connectivity index (χ2v) is 12.9. The van der Waals surface area contributed by atoms with Gasteiger partial charge in [-0.15, -0.1) is 6.58 Å². The van der Waals surface area contributed by atoms with E-state index in [1.165, 1.54) is 67.8 Å². The fraction of sp³-hybridized carbons (Fsp3) is 0.234. The zero-order valence-electron chi connectivity index (χ0n) is 29.1. The molecule has 0 aliphatic rings. The molecule has 240 valence electrons. The molecule has 0 nitrogen and oxygen atoms in total. The summed E-state index contributed by atoms with van der Waals surface area (Å²) < 4.78 is 0. The normalized spacial score (nSPS) is 12.1. The summed E-state index contributed by atoms with van der Waals surface area (Å²) in [7, 11) is 0. The zero-order valence-corrected chi connectivity index (χ0v) is 29.1. The quantitative estimate of drug-likeness (QED) is 0.142. The summed E-state index contributed by atoms with van der Waals surface area (Å²) in [5.41, 5.74) is 8.21. The van der Waals surface area contributed by atoms with Gasteiger partial charge in [-0.3, -0.25) is 0 Å². The van der Waals surface area contributed by atoms with Crippen molar-refractivity contribution in [1.82, 2.24) is 0 Å². The van der Waals surface area contributed by atoms with Gasteiger partial charge in [0.2, 0.25) is 0 Å². The first-order valence-corrected chi connectivity index (χ1v) is 17.2. The highest BCUT2D eigenvalue weighted by molar-refractivity contribution is 5.86. The van der Waals surface area contributed by atoms with E-state index in [0.29, 0.717) is 11.8 Å². The van der Waals surface area contributed by atoms with Crippen LogP contribution >= 0.6 is 0 Å². The van der Waals surface area contributed by atoms with Crippen molar-refractivity contribution < 1.29 is 0 Å². The van der Waals surface area contributed by atoms with Gasteiger partial charge >= 0.3 is 0 Å². The maximum atomic E-state index is 3.79. The van der Waals surface area contributed by atoms with Crippen molar-refractivity contribution in [1.29, 1.82) is 0 Å². The van der Waals surface area contributed by atoms with E-state index in [1.54, 1.807) is 0 Å². The van der Waals surface area contributed by atoms with Crippen LogP contribution in [0.25, 0.3) is 27.6 Å². The third-order valence-corrected chi connectivity index (χ3v) is 8.80. The Kier molecular flexibility index (Phi) is 13.8. The Morgan fingerprint density at radius 2 is 0.957 bits per heavy atom. The highest BCUT2D eigenvalue weighted by Crippen LogP contribution is 2.29. The lowest BCUT2D eigenvalue weighted by atomic mass is 9.91. The van der Waals surface area contributed by atoms with Crippen molar-refractivity contribution in [2.24, 2.45) is 0 Å². The van der Waals surface area contributed by atoms with Gasteiger partial charge in [-0.2, -0.15) is 0 Å². The van der Waals surface area contributed by atoms with Crippen molar-refractivity contribution in [2.75, 3.05) is 0 Å². The number of fused-ring (bicyclic) bond motifs is 2. The average molecular weight is 617 g/mol. The number of aryl methyl sites for hydroxylation is 3. The Morgan fingerprint density at radius 3 is 1.45 bits per heavy atom. The van der Waals surface area contributed by atoms with Gasteiger partial charge in [0.25, 0.3) is 0 Å². The van der Waals surface area contributed by atoms with E-state index in [-0.39, 0.29) is 0 Å². The van der Waals surface area contributed by atoms with E-state index in [1.807, 2.05) is 6.08 Å². The lowest BCUT2D eigenvalue weighted by Gasteiger charge is -2.13. The molecule has 0 aromatic heterocycles. The molecule has 0 spiro atoms. The van der Waals surface area contributed by atoms with Gasteiger partial charge in [-0.05, 0) is 96.5 Å². The SMILES string of the molecule is C=CCCC(C)c1cccc2ccccc12.Cc1cccc(/C=C/CCC(C)c2cccc3ccccc23)c1.Cc1cccc(C)c1. The average Bonchev–Trinajstić information content (AvgIpc) is 3.09. The van der Waals surface area contributed by atoms with E-state index in [0.717, 1.165) is 12.8 Å². The van der Waals surface area contributed by atoms with Crippen molar-refractivity contribution in [3.05, 3.63) is 186 Å². The maximum Gasteiger partial charge on any atom is -0.0149 e. The van der Waals surface area contributed by atoms with Crippen molar-refractivity contribution in [3.63, 3.8) is 0 Å². The molecule has 0 saturated heterocycles. The first-order chi connectivity index (χ1) is 22.9. The molecule has 0 heteroatoms. The van der Waals surface area contributed by atoms with Crippen LogP contribution in [0.3, 0.4) is 0 Å². The van der Waals surface area contributed by atoms with Crippen LogP contribution in [0, 0.1) is 20.8 Å². The largest absolute Gasteiger partial charge is 0.103 e. The summed E-state index contributed by atoms with van der Waals surface area (Å²) in [6.45, 7) is 14.8. The van der Waals surface area contributed by atoms with Crippen LogP contribution in [-0.4, -0.2) is 0 Å². The third-order valence-electron chi connectivity index (χ3n) is 8.80. The number of hydrogen-bond donors (Lipinski definition) is 0. The van der Waals surface area contributed by atoms with E-state index in [2.05, 4.69) is 187 Å². The molecule has 6 rings (SSSR count). The number of benzene rings is 6. The van der Waals surface area contributed by atoms with Gasteiger partial charge in [0, 0.05) is 0 Å². The summed E-state index contributed by atoms with van der Waals surface area (Å²) in [6, 6.07) is 47.6. The first kappa shape index (κ1) is 35.2. The summed E-state index contributed by atoms with van der Waals surface area (Å²) in [5, 5.41) is 5.46. The summed E-state index contributed by atoms with van der Waals surface area (Å²) in [6.07, 6.45) is 11.1. The highest BCUT2D eigenvalue weighted by atomic mass is 14.1. The molecule has 0 heterocycles. The monoisotopic (exact) mass is 616 g/mol. The Morgan fingerprint density at radius 1 is 0.511 bits per heavy atom. The highest BCUT2D eigenvalue weighted by Gasteiger charge is 2.09. The predicted octanol–water partition coefficient (Wildman–Crippen LogP) is 14.0. The minimum absolute atomic E-state index is 0.572. The second-order valence-electron chi connectivity index (χ2n) is 12.9. The van der Waals surface area contributed by atoms with Crippen molar-refractivity contribution in [2.45, 2.75) is 72.1 Å². The summed E-state index contributed by atoms with van der Waals surface area (Å²) >= 11 is 0. The molecule has 0 aliphatic carbocycles.